The Morgan fingerprint density at radius 2 is 1.90 bits per heavy atom. The number of anilines is 3. The number of nitro groups is 1. The van der Waals surface area contributed by atoms with Crippen molar-refractivity contribution in [3.8, 4) is 0 Å². The fraction of sp³-hybridized carbons (Fsp3) is 0.474. The van der Waals surface area contributed by atoms with Crippen LogP contribution in [0.4, 0.5) is 23.1 Å². The Hall–Kier alpha value is -2.98. The first kappa shape index (κ1) is 20.7. The molecule has 1 aromatic heterocycles. The predicted octanol–water partition coefficient (Wildman–Crippen LogP) is 2.98. The molecule has 2 aromatic rings. The first-order valence-electron chi connectivity index (χ1n) is 9.78. The van der Waals surface area contributed by atoms with Crippen LogP contribution < -0.4 is 21.8 Å². The average Bonchev–Trinajstić information content (AvgIpc) is 2.76. The SMILES string of the molecule is NCC1CCC(CNc2nc(NCc3ccccc3NO)ncc2[N+](=O)[O-])CC1. The van der Waals surface area contributed by atoms with Gasteiger partial charge in [-0.3, -0.25) is 20.8 Å². The highest BCUT2D eigenvalue weighted by Crippen LogP contribution is 2.29. The summed E-state index contributed by atoms with van der Waals surface area (Å²) in [7, 11) is 0. The summed E-state index contributed by atoms with van der Waals surface area (Å²) in [6.07, 6.45) is 5.52. The van der Waals surface area contributed by atoms with Crippen LogP contribution in [0.5, 0.6) is 0 Å². The van der Waals surface area contributed by atoms with Gasteiger partial charge < -0.3 is 16.4 Å². The zero-order chi connectivity index (χ0) is 20.6. The fourth-order valence-electron chi connectivity index (χ4n) is 3.59. The minimum Gasteiger partial charge on any atom is -0.364 e. The van der Waals surface area contributed by atoms with Gasteiger partial charge in [0.1, 0.15) is 6.20 Å². The van der Waals surface area contributed by atoms with E-state index in [9.17, 15) is 15.3 Å². The second-order valence-corrected chi connectivity index (χ2v) is 7.31. The third-order valence-electron chi connectivity index (χ3n) is 5.40. The normalized spacial score (nSPS) is 18.8. The van der Waals surface area contributed by atoms with Crippen molar-refractivity contribution in [2.75, 3.05) is 29.2 Å². The molecule has 1 fully saturated rings. The summed E-state index contributed by atoms with van der Waals surface area (Å²) in [6.45, 7) is 1.71. The van der Waals surface area contributed by atoms with Crippen molar-refractivity contribution in [3.05, 3.63) is 46.1 Å². The van der Waals surface area contributed by atoms with Gasteiger partial charge in [-0.1, -0.05) is 18.2 Å². The van der Waals surface area contributed by atoms with E-state index in [0.29, 0.717) is 30.6 Å². The summed E-state index contributed by atoms with van der Waals surface area (Å²) >= 11 is 0. The summed E-state index contributed by atoms with van der Waals surface area (Å²) in [5.74, 6) is 1.53. The number of benzene rings is 1. The Bertz CT molecular complexity index is 825. The molecule has 0 saturated heterocycles. The van der Waals surface area contributed by atoms with Crippen LogP contribution in [0.2, 0.25) is 0 Å². The molecular weight excluding hydrogens is 374 g/mol. The number of nitrogens with zero attached hydrogens (tertiary/aromatic N) is 3. The molecule has 6 N–H and O–H groups in total. The molecule has 10 nitrogen and oxygen atoms in total. The molecule has 0 unspecified atom stereocenters. The van der Waals surface area contributed by atoms with E-state index in [1.54, 1.807) is 12.1 Å². The molecule has 0 bridgehead atoms. The van der Waals surface area contributed by atoms with Crippen LogP contribution in [-0.4, -0.2) is 33.2 Å². The topological polar surface area (TPSA) is 151 Å². The maximum Gasteiger partial charge on any atom is 0.329 e. The fourth-order valence-corrected chi connectivity index (χ4v) is 3.59. The lowest BCUT2D eigenvalue weighted by Gasteiger charge is -2.27. The van der Waals surface area contributed by atoms with Crippen molar-refractivity contribution in [1.29, 1.82) is 0 Å². The molecule has 29 heavy (non-hydrogen) atoms. The standard InChI is InChI=1S/C19H27N7O3/c20-9-13-5-7-14(8-6-13)10-21-18-17(26(28)29)12-23-19(24-18)22-11-15-3-1-2-4-16(15)25-27/h1-4,12-14,25,27H,5-11,20H2,(H2,21,22,23,24). The summed E-state index contributed by atoms with van der Waals surface area (Å²) in [5, 5.41) is 26.7. The molecule has 1 saturated carbocycles. The molecule has 0 spiro atoms. The van der Waals surface area contributed by atoms with Gasteiger partial charge in [0.25, 0.3) is 0 Å². The van der Waals surface area contributed by atoms with Crippen LogP contribution in [0.15, 0.2) is 30.5 Å². The van der Waals surface area contributed by atoms with Gasteiger partial charge >= 0.3 is 5.69 Å². The van der Waals surface area contributed by atoms with E-state index in [1.807, 2.05) is 12.1 Å². The molecule has 0 radical (unpaired) electrons. The van der Waals surface area contributed by atoms with E-state index >= 15 is 0 Å². The predicted molar refractivity (Wildman–Crippen MR) is 111 cm³/mol. The van der Waals surface area contributed by atoms with Crippen LogP contribution in [-0.2, 0) is 6.54 Å². The number of para-hydroxylation sites is 1. The van der Waals surface area contributed by atoms with Crippen LogP contribution in [0.1, 0.15) is 31.2 Å². The Labute approximate surface area is 169 Å². The zero-order valence-electron chi connectivity index (χ0n) is 16.2. The molecule has 156 valence electrons. The van der Waals surface area contributed by atoms with Gasteiger partial charge in [0, 0.05) is 13.1 Å². The van der Waals surface area contributed by atoms with Gasteiger partial charge in [-0.2, -0.15) is 4.98 Å². The lowest BCUT2D eigenvalue weighted by atomic mass is 9.82. The number of rotatable bonds is 9. The number of nitrogens with one attached hydrogen (secondary N) is 3. The quantitative estimate of drug-likeness (QED) is 0.315. The van der Waals surface area contributed by atoms with Gasteiger partial charge in [-0.25, -0.2) is 4.98 Å². The first-order valence-corrected chi connectivity index (χ1v) is 9.78. The monoisotopic (exact) mass is 401 g/mol. The van der Waals surface area contributed by atoms with Crippen molar-refractivity contribution in [2.45, 2.75) is 32.2 Å². The van der Waals surface area contributed by atoms with E-state index in [-0.39, 0.29) is 17.5 Å². The van der Waals surface area contributed by atoms with Crippen LogP contribution in [0.25, 0.3) is 0 Å². The Morgan fingerprint density at radius 1 is 1.17 bits per heavy atom. The van der Waals surface area contributed by atoms with Crippen molar-refractivity contribution in [1.82, 2.24) is 9.97 Å². The third-order valence-corrected chi connectivity index (χ3v) is 5.40. The summed E-state index contributed by atoms with van der Waals surface area (Å²) < 4.78 is 0. The Kier molecular flexibility index (Phi) is 7.14. The molecule has 1 aliphatic rings. The van der Waals surface area contributed by atoms with Crippen molar-refractivity contribution in [3.63, 3.8) is 0 Å². The van der Waals surface area contributed by atoms with Crippen LogP contribution >= 0.6 is 0 Å². The van der Waals surface area contributed by atoms with Gasteiger partial charge in [0.15, 0.2) is 0 Å². The summed E-state index contributed by atoms with van der Waals surface area (Å²) in [6, 6.07) is 7.22. The molecule has 1 aliphatic carbocycles. The van der Waals surface area contributed by atoms with Crippen molar-refractivity contribution >= 4 is 23.1 Å². The Balaban J connectivity index is 1.65. The second-order valence-electron chi connectivity index (χ2n) is 7.31. The Morgan fingerprint density at radius 3 is 2.59 bits per heavy atom. The van der Waals surface area contributed by atoms with Gasteiger partial charge in [-0.15, -0.1) is 0 Å². The third kappa shape index (κ3) is 5.52. The van der Waals surface area contributed by atoms with E-state index in [2.05, 4.69) is 26.1 Å². The van der Waals surface area contributed by atoms with E-state index < -0.39 is 4.92 Å². The molecule has 1 heterocycles. The van der Waals surface area contributed by atoms with Crippen LogP contribution in [0, 0.1) is 22.0 Å². The van der Waals surface area contributed by atoms with Crippen LogP contribution in [0.3, 0.4) is 0 Å². The number of nitrogens with two attached hydrogens (primary N) is 1. The largest absolute Gasteiger partial charge is 0.364 e. The minimum absolute atomic E-state index is 0.149. The van der Waals surface area contributed by atoms with E-state index in [4.69, 9.17) is 5.73 Å². The lowest BCUT2D eigenvalue weighted by Crippen LogP contribution is -2.25. The molecular formula is C19H27N7O3. The van der Waals surface area contributed by atoms with Crippen molar-refractivity contribution < 1.29 is 10.1 Å². The van der Waals surface area contributed by atoms with E-state index in [0.717, 1.165) is 37.8 Å². The number of hydrogen-bond acceptors (Lipinski definition) is 9. The highest BCUT2D eigenvalue weighted by Gasteiger charge is 2.22. The number of hydrogen-bond donors (Lipinski definition) is 5. The molecule has 1 aromatic carbocycles. The zero-order valence-corrected chi connectivity index (χ0v) is 16.2. The first-order chi connectivity index (χ1) is 14.1. The highest BCUT2D eigenvalue weighted by molar-refractivity contribution is 5.57. The molecule has 3 rings (SSSR count). The van der Waals surface area contributed by atoms with Crippen molar-refractivity contribution in [2.24, 2.45) is 17.6 Å². The summed E-state index contributed by atoms with van der Waals surface area (Å²) in [5.41, 5.74) is 9.10. The molecule has 0 aliphatic heterocycles. The minimum atomic E-state index is -0.484. The maximum absolute atomic E-state index is 11.3. The molecule has 10 heteroatoms. The smallest absolute Gasteiger partial charge is 0.329 e. The van der Waals surface area contributed by atoms with Gasteiger partial charge in [0.2, 0.25) is 11.8 Å². The maximum atomic E-state index is 11.3. The second kappa shape index (κ2) is 9.99. The lowest BCUT2D eigenvalue weighted by molar-refractivity contribution is -0.384. The van der Waals surface area contributed by atoms with Gasteiger partial charge in [0.05, 0.1) is 10.6 Å². The number of aromatic nitrogens is 2. The molecule has 0 atom stereocenters. The highest BCUT2D eigenvalue weighted by atomic mass is 16.6. The average molecular weight is 401 g/mol. The van der Waals surface area contributed by atoms with Gasteiger partial charge in [-0.05, 0) is 55.7 Å². The molecule has 0 amide bonds. The van der Waals surface area contributed by atoms with E-state index in [1.165, 1.54) is 6.20 Å². The summed E-state index contributed by atoms with van der Waals surface area (Å²) in [4.78, 5) is 19.2.